The Labute approximate surface area is 388 Å². The van der Waals surface area contributed by atoms with Crippen molar-refractivity contribution in [1.29, 1.82) is 0 Å². The lowest BCUT2D eigenvalue weighted by Crippen LogP contribution is -2.60. The number of likely N-dealkylation sites (tertiary alicyclic amines) is 1. The predicted octanol–water partition coefficient (Wildman–Crippen LogP) is -4.86. The summed E-state index contributed by atoms with van der Waals surface area (Å²) in [6.45, 7) is 8.48. The normalized spacial score (nSPS) is 16.4. The van der Waals surface area contributed by atoms with Crippen molar-refractivity contribution in [3.8, 4) is 0 Å². The standard InChI is InChI=1S/C41H70N12O14/c1-20(2)16-26(39(65)51-27(17-32(58)59)38(64)47-23(6)36(62)46-19-30(55)52-33(21(3)4)34(44)60)50-37(63)24(10-7-8-14-42)49-40(66)28-11-9-15-53(28)41(67)25(12-13-31(56)57)48-29(54)18-45-35(61)22(5)43/h20-28,33H,7-19,42-43H2,1-6H3,(H2,44,60)(H,45,61)(H,46,62)(H,47,64)(H,48,54)(H,49,66)(H,50,63)(H,51,65)(H,52,55)(H,56,57)(H,58,59)/t22-,23-,24-,25-,26-,27-,28-,33-/m0/s1. The molecule has 0 aromatic carbocycles. The molecular weight excluding hydrogens is 885 g/mol. The van der Waals surface area contributed by atoms with E-state index < -0.39 is 145 Å². The third-order valence-corrected chi connectivity index (χ3v) is 10.4. The summed E-state index contributed by atoms with van der Waals surface area (Å²) >= 11 is 0. The van der Waals surface area contributed by atoms with Gasteiger partial charge in [-0.2, -0.15) is 0 Å². The third-order valence-electron chi connectivity index (χ3n) is 10.4. The molecule has 10 amide bonds. The molecule has 0 saturated carbocycles. The lowest BCUT2D eigenvalue weighted by atomic mass is 10.0. The molecule has 0 aliphatic carbocycles. The second-order valence-corrected chi connectivity index (χ2v) is 17.1. The molecule has 0 unspecified atom stereocenters. The fraction of sp³-hybridized carbons (Fsp3) is 0.707. The predicted molar refractivity (Wildman–Crippen MR) is 237 cm³/mol. The zero-order chi connectivity index (χ0) is 51.1. The molecule has 378 valence electrons. The van der Waals surface area contributed by atoms with Gasteiger partial charge in [-0.05, 0) is 77.2 Å². The van der Waals surface area contributed by atoms with Crippen molar-refractivity contribution in [3.63, 3.8) is 0 Å². The van der Waals surface area contributed by atoms with Crippen molar-refractivity contribution in [2.75, 3.05) is 26.2 Å². The smallest absolute Gasteiger partial charge is 0.305 e. The fourth-order valence-electron chi connectivity index (χ4n) is 6.75. The minimum absolute atomic E-state index is 0.0188. The molecule has 1 aliphatic heterocycles. The summed E-state index contributed by atoms with van der Waals surface area (Å²) in [6.07, 6.45) is -0.601. The number of hydrogen-bond acceptors (Lipinski definition) is 14. The second-order valence-electron chi connectivity index (χ2n) is 17.1. The van der Waals surface area contributed by atoms with Crippen LogP contribution in [0.25, 0.3) is 0 Å². The van der Waals surface area contributed by atoms with Crippen LogP contribution in [0, 0.1) is 11.8 Å². The summed E-state index contributed by atoms with van der Waals surface area (Å²) in [5.74, 6) is -11.7. The van der Waals surface area contributed by atoms with Crippen LogP contribution in [0.5, 0.6) is 0 Å². The number of nitrogens with one attached hydrogen (secondary N) is 8. The SMILES string of the molecule is CC(C)C[C@H](NC(=O)[C@H](CCCCN)NC(=O)[C@@H]1CCCN1C(=O)[C@H](CCC(=O)O)NC(=O)CNC(=O)[C@H](C)N)C(=O)N[C@@H](CC(=O)O)C(=O)N[C@@H](C)C(=O)NCC(=O)N[C@H](C(N)=O)C(C)C. The largest absolute Gasteiger partial charge is 0.481 e. The molecule has 1 rings (SSSR count). The Kier molecular flexibility index (Phi) is 25.6. The number of nitrogens with zero attached hydrogens (tertiary/aromatic N) is 1. The Balaban J connectivity index is 3.23. The quantitative estimate of drug-likeness (QED) is 0.0300. The van der Waals surface area contributed by atoms with E-state index in [4.69, 9.17) is 17.2 Å². The summed E-state index contributed by atoms with van der Waals surface area (Å²) < 4.78 is 0. The minimum Gasteiger partial charge on any atom is -0.481 e. The maximum Gasteiger partial charge on any atom is 0.305 e. The summed E-state index contributed by atoms with van der Waals surface area (Å²) in [4.78, 5) is 154. The van der Waals surface area contributed by atoms with E-state index >= 15 is 0 Å². The molecule has 8 atom stereocenters. The maximum absolute atomic E-state index is 14.0. The van der Waals surface area contributed by atoms with Gasteiger partial charge in [0.2, 0.25) is 59.1 Å². The molecule has 16 N–H and O–H groups in total. The summed E-state index contributed by atoms with van der Waals surface area (Å²) in [5, 5.41) is 38.1. The molecule has 0 radical (unpaired) electrons. The van der Waals surface area contributed by atoms with Crippen LogP contribution in [0.3, 0.4) is 0 Å². The topological polar surface area (TPSA) is 423 Å². The highest BCUT2D eigenvalue weighted by atomic mass is 16.4. The second kappa shape index (κ2) is 29.3. The lowest BCUT2D eigenvalue weighted by Gasteiger charge is -2.30. The van der Waals surface area contributed by atoms with Gasteiger partial charge in [-0.1, -0.05) is 27.7 Å². The first-order chi connectivity index (χ1) is 31.3. The summed E-state index contributed by atoms with van der Waals surface area (Å²) in [5.41, 5.74) is 16.5. The Hall–Kier alpha value is -6.44. The monoisotopic (exact) mass is 955 g/mol. The van der Waals surface area contributed by atoms with E-state index in [2.05, 4.69) is 42.5 Å². The van der Waals surface area contributed by atoms with Gasteiger partial charge in [-0.25, -0.2) is 0 Å². The number of carbonyl (C=O) groups is 12. The van der Waals surface area contributed by atoms with Gasteiger partial charge in [0.1, 0.15) is 42.3 Å². The lowest BCUT2D eigenvalue weighted by molar-refractivity contribution is -0.143. The highest BCUT2D eigenvalue weighted by molar-refractivity contribution is 5.99. The van der Waals surface area contributed by atoms with Crippen LogP contribution in [-0.2, 0) is 57.5 Å². The average Bonchev–Trinajstić information content (AvgIpc) is 3.74. The molecule has 0 aromatic heterocycles. The van der Waals surface area contributed by atoms with Crippen molar-refractivity contribution >= 4 is 71.0 Å². The van der Waals surface area contributed by atoms with Gasteiger partial charge in [0.05, 0.1) is 25.6 Å². The molecule has 1 aliphatic rings. The van der Waals surface area contributed by atoms with Crippen LogP contribution >= 0.6 is 0 Å². The van der Waals surface area contributed by atoms with E-state index in [-0.39, 0.29) is 50.6 Å². The minimum atomic E-state index is -1.76. The van der Waals surface area contributed by atoms with Crippen LogP contribution < -0.4 is 59.7 Å². The number of amides is 10. The van der Waals surface area contributed by atoms with E-state index in [1.807, 2.05) is 0 Å². The number of carboxylic acids is 2. The maximum atomic E-state index is 14.0. The number of carbonyl (C=O) groups excluding carboxylic acids is 10. The van der Waals surface area contributed by atoms with Crippen LogP contribution in [0.1, 0.15) is 99.3 Å². The van der Waals surface area contributed by atoms with Gasteiger partial charge in [0.15, 0.2) is 0 Å². The van der Waals surface area contributed by atoms with Gasteiger partial charge >= 0.3 is 11.9 Å². The Morgan fingerprint density at radius 2 is 1.21 bits per heavy atom. The van der Waals surface area contributed by atoms with Crippen LogP contribution in [0.15, 0.2) is 0 Å². The van der Waals surface area contributed by atoms with Crippen molar-refractivity contribution in [3.05, 3.63) is 0 Å². The number of hydrogen-bond donors (Lipinski definition) is 13. The zero-order valence-electron chi connectivity index (χ0n) is 38.9. The first-order valence-corrected chi connectivity index (χ1v) is 22.1. The number of unbranched alkanes of at least 4 members (excludes halogenated alkanes) is 1. The Morgan fingerprint density at radius 3 is 1.75 bits per heavy atom. The number of nitrogens with two attached hydrogens (primary N) is 3. The Morgan fingerprint density at radius 1 is 0.642 bits per heavy atom. The van der Waals surface area contributed by atoms with Crippen LogP contribution in [0.4, 0.5) is 0 Å². The van der Waals surface area contributed by atoms with Crippen LogP contribution in [0.2, 0.25) is 0 Å². The summed E-state index contributed by atoms with van der Waals surface area (Å²) in [6, 6.07) is -10.3. The van der Waals surface area contributed by atoms with E-state index in [1.54, 1.807) is 27.7 Å². The van der Waals surface area contributed by atoms with E-state index in [0.717, 1.165) is 4.90 Å². The van der Waals surface area contributed by atoms with Crippen LogP contribution in [-0.4, -0.2) is 161 Å². The average molecular weight is 955 g/mol. The number of rotatable bonds is 30. The molecule has 1 heterocycles. The number of carboxylic acid groups (broad SMARTS) is 2. The molecule has 67 heavy (non-hydrogen) atoms. The van der Waals surface area contributed by atoms with Gasteiger partial charge < -0.3 is 74.8 Å². The molecule has 1 fully saturated rings. The Bertz CT molecular complexity index is 1790. The molecule has 1 saturated heterocycles. The van der Waals surface area contributed by atoms with Gasteiger partial charge in [-0.15, -0.1) is 0 Å². The summed E-state index contributed by atoms with van der Waals surface area (Å²) in [7, 11) is 0. The van der Waals surface area contributed by atoms with Gasteiger partial charge in [0.25, 0.3) is 0 Å². The van der Waals surface area contributed by atoms with Gasteiger partial charge in [-0.3, -0.25) is 57.5 Å². The van der Waals surface area contributed by atoms with E-state index in [1.165, 1.54) is 13.8 Å². The van der Waals surface area contributed by atoms with Crippen molar-refractivity contribution in [2.24, 2.45) is 29.0 Å². The number of aliphatic carboxylic acids is 2. The molecule has 26 nitrogen and oxygen atoms in total. The van der Waals surface area contributed by atoms with Crippen molar-refractivity contribution < 1.29 is 67.7 Å². The zero-order valence-corrected chi connectivity index (χ0v) is 38.9. The van der Waals surface area contributed by atoms with E-state index in [0.29, 0.717) is 19.3 Å². The first-order valence-electron chi connectivity index (χ1n) is 22.1. The molecule has 0 bridgehead atoms. The molecular formula is C41H70N12O14. The molecule has 26 heteroatoms. The highest BCUT2D eigenvalue weighted by Crippen LogP contribution is 2.21. The highest BCUT2D eigenvalue weighted by Gasteiger charge is 2.40. The molecule has 0 spiro atoms. The number of primary amides is 1. The van der Waals surface area contributed by atoms with Crippen molar-refractivity contribution in [2.45, 2.75) is 148 Å². The third kappa shape index (κ3) is 21.6. The van der Waals surface area contributed by atoms with Gasteiger partial charge in [0, 0.05) is 13.0 Å². The van der Waals surface area contributed by atoms with Crippen molar-refractivity contribution in [1.82, 2.24) is 47.4 Å². The van der Waals surface area contributed by atoms with E-state index in [9.17, 15) is 67.7 Å². The fourth-order valence-corrected chi connectivity index (χ4v) is 6.75. The molecule has 0 aromatic rings. The first kappa shape index (κ1) is 58.6.